The molecule has 0 aliphatic carbocycles. The van der Waals surface area contributed by atoms with Crippen LogP contribution in [0.1, 0.15) is 41.5 Å². The van der Waals surface area contributed by atoms with Crippen LogP contribution in [-0.2, 0) is 24.4 Å². The third-order valence-corrected chi connectivity index (χ3v) is 6.76. The first kappa shape index (κ1) is 21.7. The molecule has 0 aromatic carbocycles. The van der Waals surface area contributed by atoms with E-state index < -0.39 is 0 Å². The molecule has 35 heavy (non-hydrogen) atoms. The molecule has 10 heteroatoms. The normalized spacial score (nSPS) is 15.8. The Hall–Kier alpha value is -3.79. The number of aryl methyl sites for hydroxylation is 1. The number of hydrogen-bond acceptors (Lipinski definition) is 7. The SMILES string of the molecule is CCCCn1c(C(=O)N2Cc3cnc(N4CCOCC4)nc3C2)cc2c(=O)n3ccccc3nc21. The maximum atomic E-state index is 13.8. The molecule has 0 N–H and O–H groups in total. The standard InChI is InChI=1S/C25H27N7O3/c1-2-3-7-31-20(13-18-22(31)28-21-6-4-5-8-32(21)23(18)33)24(34)30-15-17-14-26-25(27-19(17)16-30)29-9-11-35-12-10-29/h4-6,8,13-14H,2-3,7,9-12,15-16H2,1H3. The highest BCUT2D eigenvalue weighted by molar-refractivity contribution is 5.98. The number of carbonyl (C=O) groups excluding carboxylic acids is 1. The van der Waals surface area contributed by atoms with Gasteiger partial charge in [0.15, 0.2) is 0 Å². The zero-order valence-corrected chi connectivity index (χ0v) is 19.7. The van der Waals surface area contributed by atoms with E-state index in [0.717, 1.165) is 37.2 Å². The molecule has 0 bridgehead atoms. The molecule has 1 amide bonds. The summed E-state index contributed by atoms with van der Waals surface area (Å²) in [6.07, 6.45) is 5.38. The van der Waals surface area contributed by atoms with Gasteiger partial charge in [0.05, 0.1) is 30.8 Å². The molecular weight excluding hydrogens is 446 g/mol. The van der Waals surface area contributed by atoms with E-state index in [-0.39, 0.29) is 11.5 Å². The smallest absolute Gasteiger partial charge is 0.271 e. The lowest BCUT2D eigenvalue weighted by atomic mass is 10.3. The molecule has 0 radical (unpaired) electrons. The van der Waals surface area contributed by atoms with Gasteiger partial charge in [0, 0.05) is 44.1 Å². The molecule has 1 fully saturated rings. The van der Waals surface area contributed by atoms with E-state index in [4.69, 9.17) is 14.7 Å². The summed E-state index contributed by atoms with van der Waals surface area (Å²) >= 11 is 0. The van der Waals surface area contributed by atoms with Gasteiger partial charge in [0.2, 0.25) is 5.95 Å². The molecule has 10 nitrogen and oxygen atoms in total. The van der Waals surface area contributed by atoms with Gasteiger partial charge in [-0.1, -0.05) is 19.4 Å². The fourth-order valence-electron chi connectivity index (χ4n) is 4.84. The molecule has 0 spiro atoms. The average Bonchev–Trinajstić information content (AvgIpc) is 3.49. The van der Waals surface area contributed by atoms with E-state index in [1.807, 2.05) is 16.8 Å². The number of unbranched alkanes of at least 4 members (excludes halogenated alkanes) is 1. The Labute approximate surface area is 201 Å². The Morgan fingerprint density at radius 2 is 2.00 bits per heavy atom. The van der Waals surface area contributed by atoms with Gasteiger partial charge in [-0.3, -0.25) is 14.0 Å². The molecule has 1 saturated heterocycles. The summed E-state index contributed by atoms with van der Waals surface area (Å²) in [5.74, 6) is 0.556. The molecule has 6 heterocycles. The number of rotatable bonds is 5. The molecule has 0 unspecified atom stereocenters. The highest BCUT2D eigenvalue weighted by Crippen LogP contribution is 2.26. The van der Waals surface area contributed by atoms with E-state index in [1.165, 1.54) is 4.40 Å². The zero-order valence-electron chi connectivity index (χ0n) is 19.7. The van der Waals surface area contributed by atoms with Crippen molar-refractivity contribution in [2.24, 2.45) is 0 Å². The van der Waals surface area contributed by atoms with E-state index in [1.54, 1.807) is 29.3 Å². The van der Waals surface area contributed by atoms with Gasteiger partial charge >= 0.3 is 0 Å². The van der Waals surface area contributed by atoms with Gasteiger partial charge < -0.3 is 19.1 Å². The van der Waals surface area contributed by atoms with Crippen LogP contribution in [0, 0.1) is 0 Å². The number of ether oxygens (including phenoxy) is 1. The van der Waals surface area contributed by atoms with E-state index in [0.29, 0.717) is 61.2 Å². The first-order valence-electron chi connectivity index (χ1n) is 12.1. The Balaban J connectivity index is 1.35. The van der Waals surface area contributed by atoms with E-state index >= 15 is 0 Å². The van der Waals surface area contributed by atoms with Gasteiger partial charge in [0.1, 0.15) is 17.0 Å². The minimum absolute atomic E-state index is 0.126. The van der Waals surface area contributed by atoms with Crippen molar-refractivity contribution in [2.45, 2.75) is 39.4 Å². The second-order valence-corrected chi connectivity index (χ2v) is 9.02. The Kier molecular flexibility index (Phi) is 5.44. The van der Waals surface area contributed by atoms with Crippen molar-refractivity contribution in [1.82, 2.24) is 28.8 Å². The van der Waals surface area contributed by atoms with Crippen LogP contribution in [0.3, 0.4) is 0 Å². The van der Waals surface area contributed by atoms with Crippen LogP contribution < -0.4 is 10.5 Å². The van der Waals surface area contributed by atoms with Crippen LogP contribution in [0.4, 0.5) is 5.95 Å². The van der Waals surface area contributed by atoms with Crippen LogP contribution in [0.5, 0.6) is 0 Å². The van der Waals surface area contributed by atoms with Crippen molar-refractivity contribution in [1.29, 1.82) is 0 Å². The topological polar surface area (TPSA) is 97.9 Å². The summed E-state index contributed by atoms with van der Waals surface area (Å²) in [7, 11) is 0. The number of nitrogens with zero attached hydrogens (tertiary/aromatic N) is 7. The second-order valence-electron chi connectivity index (χ2n) is 9.02. The van der Waals surface area contributed by atoms with E-state index in [9.17, 15) is 9.59 Å². The van der Waals surface area contributed by atoms with Gasteiger partial charge in [-0.25, -0.2) is 15.0 Å². The molecule has 180 valence electrons. The quantitative estimate of drug-likeness (QED) is 0.438. The molecule has 0 saturated carbocycles. The van der Waals surface area contributed by atoms with Crippen LogP contribution in [0.15, 0.2) is 41.5 Å². The highest BCUT2D eigenvalue weighted by atomic mass is 16.5. The lowest BCUT2D eigenvalue weighted by Gasteiger charge is -2.26. The zero-order chi connectivity index (χ0) is 23.9. The molecule has 2 aliphatic rings. The molecule has 6 rings (SSSR count). The van der Waals surface area contributed by atoms with Crippen LogP contribution in [0.25, 0.3) is 16.7 Å². The molecule has 4 aromatic rings. The highest BCUT2D eigenvalue weighted by Gasteiger charge is 2.30. The number of aromatic nitrogens is 5. The monoisotopic (exact) mass is 473 g/mol. The number of carbonyl (C=O) groups is 1. The average molecular weight is 474 g/mol. The summed E-state index contributed by atoms with van der Waals surface area (Å²) in [4.78, 5) is 44.9. The largest absolute Gasteiger partial charge is 0.378 e. The van der Waals surface area contributed by atoms with Crippen molar-refractivity contribution >= 4 is 28.5 Å². The second kappa shape index (κ2) is 8.77. The Morgan fingerprint density at radius 1 is 1.14 bits per heavy atom. The number of amides is 1. The summed E-state index contributed by atoms with van der Waals surface area (Å²) in [6, 6.07) is 7.17. The first-order valence-corrected chi connectivity index (χ1v) is 12.1. The predicted molar refractivity (Wildman–Crippen MR) is 131 cm³/mol. The van der Waals surface area contributed by atoms with Crippen molar-refractivity contribution in [2.75, 3.05) is 31.2 Å². The number of pyridine rings is 1. The predicted octanol–water partition coefficient (Wildman–Crippen LogP) is 2.23. The molecule has 4 aromatic heterocycles. The summed E-state index contributed by atoms with van der Waals surface area (Å²) in [5.41, 5.74) is 3.28. The molecule has 2 aliphatic heterocycles. The number of hydrogen-bond donors (Lipinski definition) is 0. The lowest BCUT2D eigenvalue weighted by Crippen LogP contribution is -2.37. The van der Waals surface area contributed by atoms with Gasteiger partial charge in [-0.15, -0.1) is 0 Å². The van der Waals surface area contributed by atoms with E-state index in [2.05, 4.69) is 16.8 Å². The summed E-state index contributed by atoms with van der Waals surface area (Å²) in [5, 5.41) is 0.458. The summed E-state index contributed by atoms with van der Waals surface area (Å²) in [6.45, 7) is 6.43. The van der Waals surface area contributed by atoms with Crippen molar-refractivity contribution in [3.05, 3.63) is 64.0 Å². The van der Waals surface area contributed by atoms with Gasteiger partial charge in [-0.2, -0.15) is 0 Å². The maximum Gasteiger partial charge on any atom is 0.271 e. The Morgan fingerprint density at radius 3 is 2.83 bits per heavy atom. The van der Waals surface area contributed by atoms with Crippen LogP contribution in [-0.4, -0.2) is 61.0 Å². The fraction of sp³-hybridized carbons (Fsp3) is 0.400. The van der Waals surface area contributed by atoms with Crippen molar-refractivity contribution in [3.8, 4) is 0 Å². The summed E-state index contributed by atoms with van der Waals surface area (Å²) < 4.78 is 8.86. The minimum atomic E-state index is -0.166. The Bertz CT molecular complexity index is 1490. The molecule has 0 atom stereocenters. The van der Waals surface area contributed by atoms with Gasteiger partial charge in [0.25, 0.3) is 11.5 Å². The number of anilines is 1. The fourth-order valence-corrected chi connectivity index (χ4v) is 4.84. The first-order chi connectivity index (χ1) is 17.1. The van der Waals surface area contributed by atoms with Crippen molar-refractivity contribution in [3.63, 3.8) is 0 Å². The lowest BCUT2D eigenvalue weighted by molar-refractivity contribution is 0.0739. The third-order valence-electron chi connectivity index (χ3n) is 6.76. The van der Waals surface area contributed by atoms with Crippen LogP contribution in [0.2, 0.25) is 0 Å². The van der Waals surface area contributed by atoms with Crippen LogP contribution >= 0.6 is 0 Å². The third kappa shape index (κ3) is 3.74. The minimum Gasteiger partial charge on any atom is -0.378 e. The van der Waals surface area contributed by atoms with Crippen molar-refractivity contribution < 1.29 is 9.53 Å². The maximum absolute atomic E-state index is 13.8. The number of fused-ring (bicyclic) bond motifs is 3. The molecular formula is C25H27N7O3. The number of morpholine rings is 1. The van der Waals surface area contributed by atoms with Gasteiger partial charge in [-0.05, 0) is 24.6 Å².